The summed E-state index contributed by atoms with van der Waals surface area (Å²) in [6.45, 7) is 6.54. The van der Waals surface area contributed by atoms with Gasteiger partial charge in [-0.05, 0) is 32.4 Å². The van der Waals surface area contributed by atoms with Gasteiger partial charge < -0.3 is 15.7 Å². The van der Waals surface area contributed by atoms with Crippen LogP contribution in [0.15, 0.2) is 0 Å². The van der Waals surface area contributed by atoms with Crippen LogP contribution in [-0.2, 0) is 0 Å². The first-order valence-corrected chi connectivity index (χ1v) is 5.36. The van der Waals surface area contributed by atoms with Gasteiger partial charge in [0.15, 0.2) is 0 Å². The van der Waals surface area contributed by atoms with E-state index < -0.39 is 0 Å². The number of aliphatic hydroxyl groups excluding tert-OH is 1. The van der Waals surface area contributed by atoms with E-state index in [4.69, 9.17) is 5.73 Å². The molecule has 3 atom stereocenters. The first-order valence-electron chi connectivity index (χ1n) is 5.36. The second-order valence-corrected chi connectivity index (χ2v) is 3.92. The van der Waals surface area contributed by atoms with Gasteiger partial charge in [0.25, 0.3) is 0 Å². The molecule has 0 spiro atoms. The normalized spacial score (nSPS) is 35.3. The van der Waals surface area contributed by atoms with E-state index in [0.717, 1.165) is 32.4 Å². The molecule has 1 fully saturated rings. The van der Waals surface area contributed by atoms with Crippen LogP contribution in [0.1, 0.15) is 33.1 Å². The van der Waals surface area contributed by atoms with E-state index in [1.807, 2.05) is 0 Å². The zero-order valence-electron chi connectivity index (χ0n) is 8.74. The maximum absolute atomic E-state index is 9.48. The Morgan fingerprint density at radius 2 is 1.92 bits per heavy atom. The Morgan fingerprint density at radius 1 is 1.31 bits per heavy atom. The minimum atomic E-state index is -0.271. The van der Waals surface area contributed by atoms with E-state index in [9.17, 15) is 5.11 Å². The number of hydrogen-bond acceptors (Lipinski definition) is 3. The third kappa shape index (κ3) is 2.66. The van der Waals surface area contributed by atoms with Crippen molar-refractivity contribution in [3.8, 4) is 0 Å². The van der Waals surface area contributed by atoms with Crippen molar-refractivity contribution in [2.75, 3.05) is 13.1 Å². The second kappa shape index (κ2) is 4.94. The van der Waals surface area contributed by atoms with E-state index in [0.29, 0.717) is 6.04 Å². The van der Waals surface area contributed by atoms with Gasteiger partial charge >= 0.3 is 0 Å². The van der Waals surface area contributed by atoms with Crippen molar-refractivity contribution >= 4 is 0 Å². The highest BCUT2D eigenvalue weighted by Crippen LogP contribution is 2.22. The van der Waals surface area contributed by atoms with E-state index in [2.05, 4.69) is 18.7 Å². The summed E-state index contributed by atoms with van der Waals surface area (Å²) in [5.74, 6) is 0. The maximum atomic E-state index is 9.48. The molecule has 3 nitrogen and oxygen atoms in total. The van der Waals surface area contributed by atoms with Crippen molar-refractivity contribution in [2.45, 2.75) is 51.3 Å². The number of aliphatic hydroxyl groups is 1. The minimum absolute atomic E-state index is 0.0145. The fourth-order valence-corrected chi connectivity index (χ4v) is 2.24. The molecule has 0 aromatic carbocycles. The molecule has 0 bridgehead atoms. The molecule has 13 heavy (non-hydrogen) atoms. The van der Waals surface area contributed by atoms with Gasteiger partial charge in [-0.3, -0.25) is 0 Å². The molecule has 3 unspecified atom stereocenters. The average molecular weight is 186 g/mol. The van der Waals surface area contributed by atoms with Crippen LogP contribution in [0.4, 0.5) is 0 Å². The Labute approximate surface area is 80.9 Å². The number of rotatable bonds is 3. The highest BCUT2D eigenvalue weighted by Gasteiger charge is 2.28. The lowest BCUT2D eigenvalue weighted by Gasteiger charge is -2.37. The van der Waals surface area contributed by atoms with Gasteiger partial charge in [0.2, 0.25) is 0 Å². The first-order chi connectivity index (χ1) is 6.19. The van der Waals surface area contributed by atoms with Crippen molar-refractivity contribution in [3.63, 3.8) is 0 Å². The topological polar surface area (TPSA) is 49.5 Å². The standard InChI is InChI=1S/C10H22N2O/c1-3-12(4-2)8-5-6-10(13)9(11)7-8/h8-10,13H,3-7,11H2,1-2H3. The highest BCUT2D eigenvalue weighted by atomic mass is 16.3. The molecule has 1 aliphatic rings. The smallest absolute Gasteiger partial charge is 0.0692 e. The third-order valence-electron chi connectivity index (χ3n) is 3.16. The Morgan fingerprint density at radius 3 is 2.38 bits per heavy atom. The van der Waals surface area contributed by atoms with E-state index >= 15 is 0 Å². The predicted octanol–water partition coefficient (Wildman–Crippen LogP) is 0.569. The molecule has 0 radical (unpaired) electrons. The van der Waals surface area contributed by atoms with Gasteiger partial charge in [0.1, 0.15) is 0 Å². The fraction of sp³-hybridized carbons (Fsp3) is 1.00. The molecule has 78 valence electrons. The SMILES string of the molecule is CCN(CC)C1CCC(O)C(N)C1. The molecule has 0 amide bonds. The van der Waals surface area contributed by atoms with Crippen LogP contribution in [0.5, 0.6) is 0 Å². The van der Waals surface area contributed by atoms with Crippen molar-refractivity contribution < 1.29 is 5.11 Å². The number of hydrogen-bond donors (Lipinski definition) is 2. The molecule has 1 aliphatic carbocycles. The van der Waals surface area contributed by atoms with Crippen LogP contribution >= 0.6 is 0 Å². The fourth-order valence-electron chi connectivity index (χ4n) is 2.24. The zero-order chi connectivity index (χ0) is 9.84. The summed E-state index contributed by atoms with van der Waals surface area (Å²) in [6.07, 6.45) is 2.63. The molecule has 1 rings (SSSR count). The van der Waals surface area contributed by atoms with Crippen LogP contribution in [0.3, 0.4) is 0 Å². The van der Waals surface area contributed by atoms with Gasteiger partial charge in [-0.1, -0.05) is 13.8 Å². The van der Waals surface area contributed by atoms with E-state index in [-0.39, 0.29) is 12.1 Å². The molecule has 0 aromatic heterocycles. The summed E-state index contributed by atoms with van der Waals surface area (Å²) in [7, 11) is 0. The lowest BCUT2D eigenvalue weighted by molar-refractivity contribution is 0.0603. The zero-order valence-corrected chi connectivity index (χ0v) is 8.74. The minimum Gasteiger partial charge on any atom is -0.392 e. The van der Waals surface area contributed by atoms with Crippen molar-refractivity contribution in [3.05, 3.63) is 0 Å². The third-order valence-corrected chi connectivity index (χ3v) is 3.16. The van der Waals surface area contributed by atoms with Gasteiger partial charge in [0.05, 0.1) is 6.10 Å². The van der Waals surface area contributed by atoms with Crippen molar-refractivity contribution in [1.82, 2.24) is 4.90 Å². The largest absolute Gasteiger partial charge is 0.392 e. The van der Waals surface area contributed by atoms with E-state index in [1.165, 1.54) is 0 Å². The Bertz CT molecular complexity index is 148. The van der Waals surface area contributed by atoms with Crippen LogP contribution in [-0.4, -0.2) is 41.3 Å². The van der Waals surface area contributed by atoms with Gasteiger partial charge in [-0.15, -0.1) is 0 Å². The quantitative estimate of drug-likeness (QED) is 0.677. The number of nitrogens with two attached hydrogens (primary N) is 1. The summed E-state index contributed by atoms with van der Waals surface area (Å²) >= 11 is 0. The lowest BCUT2D eigenvalue weighted by atomic mass is 9.88. The van der Waals surface area contributed by atoms with Crippen LogP contribution in [0.2, 0.25) is 0 Å². The maximum Gasteiger partial charge on any atom is 0.0692 e. The van der Waals surface area contributed by atoms with E-state index in [1.54, 1.807) is 0 Å². The van der Waals surface area contributed by atoms with Gasteiger partial charge in [0, 0.05) is 12.1 Å². The Hall–Kier alpha value is -0.120. The average Bonchev–Trinajstić information content (AvgIpc) is 2.13. The predicted molar refractivity (Wildman–Crippen MR) is 54.5 cm³/mol. The summed E-state index contributed by atoms with van der Waals surface area (Å²) < 4.78 is 0. The molecule has 3 N–H and O–H groups in total. The first kappa shape index (κ1) is 11.0. The van der Waals surface area contributed by atoms with Crippen LogP contribution in [0, 0.1) is 0 Å². The molecule has 0 saturated heterocycles. The second-order valence-electron chi connectivity index (χ2n) is 3.92. The monoisotopic (exact) mass is 186 g/mol. The summed E-state index contributed by atoms with van der Waals surface area (Å²) in [5.41, 5.74) is 5.84. The molecule has 1 saturated carbocycles. The summed E-state index contributed by atoms with van der Waals surface area (Å²) in [4.78, 5) is 2.44. The molecule has 0 aromatic rings. The molecular weight excluding hydrogens is 164 g/mol. The van der Waals surface area contributed by atoms with Crippen molar-refractivity contribution in [2.24, 2.45) is 5.73 Å². The van der Waals surface area contributed by atoms with Gasteiger partial charge in [-0.25, -0.2) is 0 Å². The Balaban J connectivity index is 2.44. The molecule has 0 heterocycles. The molecular formula is C10H22N2O. The van der Waals surface area contributed by atoms with Crippen molar-refractivity contribution in [1.29, 1.82) is 0 Å². The van der Waals surface area contributed by atoms with Crippen LogP contribution < -0.4 is 5.73 Å². The summed E-state index contributed by atoms with van der Waals surface area (Å²) in [6, 6.07) is 0.577. The molecule has 3 heteroatoms. The number of nitrogens with zero attached hydrogens (tertiary/aromatic N) is 1. The highest BCUT2D eigenvalue weighted by molar-refractivity contribution is 4.86. The lowest BCUT2D eigenvalue weighted by Crippen LogP contribution is -2.48. The van der Waals surface area contributed by atoms with Crippen LogP contribution in [0.25, 0.3) is 0 Å². The Kier molecular flexibility index (Phi) is 4.16. The summed E-state index contributed by atoms with van der Waals surface area (Å²) in [5, 5.41) is 9.48. The van der Waals surface area contributed by atoms with Gasteiger partial charge in [-0.2, -0.15) is 0 Å². The molecule has 0 aliphatic heterocycles.